The lowest BCUT2D eigenvalue weighted by Crippen LogP contribution is -2.50. The maximum Gasteiger partial charge on any atom is 0.238 e. The van der Waals surface area contributed by atoms with Crippen LogP contribution in [0.25, 0.3) is 0 Å². The maximum absolute atomic E-state index is 11.7. The van der Waals surface area contributed by atoms with Crippen LogP contribution in [-0.4, -0.2) is 30.9 Å². The van der Waals surface area contributed by atoms with Crippen molar-refractivity contribution in [2.45, 2.75) is 18.9 Å². The number of hydrogen-bond acceptors (Lipinski definition) is 3. The summed E-state index contributed by atoms with van der Waals surface area (Å²) in [5.41, 5.74) is 0.739. The summed E-state index contributed by atoms with van der Waals surface area (Å²) in [5.74, 6) is -0.177. The summed E-state index contributed by atoms with van der Waals surface area (Å²) in [6, 6.07) is 7.09. The van der Waals surface area contributed by atoms with Crippen LogP contribution < -0.4 is 16.0 Å². The van der Waals surface area contributed by atoms with E-state index >= 15 is 0 Å². The quantitative estimate of drug-likeness (QED) is 0.780. The van der Waals surface area contributed by atoms with E-state index in [1.807, 2.05) is 24.3 Å². The molecule has 0 aliphatic carbocycles. The summed E-state index contributed by atoms with van der Waals surface area (Å²) < 4.78 is 0.961. The van der Waals surface area contributed by atoms with Gasteiger partial charge in [0.25, 0.3) is 0 Å². The highest BCUT2D eigenvalue weighted by Crippen LogP contribution is 2.13. The van der Waals surface area contributed by atoms with E-state index in [-0.39, 0.29) is 24.4 Å². The van der Waals surface area contributed by atoms with Gasteiger partial charge in [0, 0.05) is 16.7 Å². The lowest BCUT2D eigenvalue weighted by molar-refractivity contribution is -0.124. The molecule has 1 aromatic carbocycles. The summed E-state index contributed by atoms with van der Waals surface area (Å²) >= 11 is 3.33. The van der Waals surface area contributed by atoms with Gasteiger partial charge in [-0.05, 0) is 37.1 Å². The molecule has 5 nitrogen and oxygen atoms in total. The number of anilines is 1. The molecule has 1 unspecified atom stereocenters. The van der Waals surface area contributed by atoms with Crippen molar-refractivity contribution in [3.05, 3.63) is 28.7 Å². The van der Waals surface area contributed by atoms with Crippen LogP contribution in [0, 0.1) is 0 Å². The van der Waals surface area contributed by atoms with Crippen LogP contribution >= 0.6 is 15.9 Å². The van der Waals surface area contributed by atoms with Crippen LogP contribution in [0.5, 0.6) is 0 Å². The first-order valence-corrected chi connectivity index (χ1v) is 7.01. The Morgan fingerprint density at radius 2 is 2.11 bits per heavy atom. The number of nitrogens with one attached hydrogen (secondary N) is 3. The average Bonchev–Trinajstić information content (AvgIpc) is 2.40. The predicted molar refractivity (Wildman–Crippen MR) is 76.8 cm³/mol. The number of carbonyl (C=O) groups is 2. The van der Waals surface area contributed by atoms with E-state index in [1.54, 1.807) is 0 Å². The Hall–Kier alpha value is -1.40. The number of benzene rings is 1. The molecule has 0 radical (unpaired) electrons. The molecular formula is C13H16BrN3O2. The zero-order valence-corrected chi connectivity index (χ0v) is 12.0. The fourth-order valence-electron chi connectivity index (χ4n) is 1.92. The fourth-order valence-corrected chi connectivity index (χ4v) is 2.19. The van der Waals surface area contributed by atoms with Gasteiger partial charge in [-0.2, -0.15) is 0 Å². The molecule has 1 aromatic rings. The zero-order chi connectivity index (χ0) is 13.7. The third-order valence-electron chi connectivity index (χ3n) is 2.92. The van der Waals surface area contributed by atoms with E-state index in [1.165, 1.54) is 0 Å². The first-order chi connectivity index (χ1) is 9.15. The summed E-state index contributed by atoms with van der Waals surface area (Å²) in [4.78, 5) is 23.2. The number of piperidine rings is 1. The molecule has 1 atom stereocenters. The molecule has 19 heavy (non-hydrogen) atoms. The van der Waals surface area contributed by atoms with Gasteiger partial charge < -0.3 is 10.6 Å². The van der Waals surface area contributed by atoms with Gasteiger partial charge in [0.15, 0.2) is 0 Å². The molecule has 0 bridgehead atoms. The monoisotopic (exact) mass is 325 g/mol. The highest BCUT2D eigenvalue weighted by atomic mass is 79.9. The second-order valence-corrected chi connectivity index (χ2v) is 5.34. The Morgan fingerprint density at radius 3 is 2.79 bits per heavy atom. The molecule has 1 aliphatic rings. The van der Waals surface area contributed by atoms with E-state index in [4.69, 9.17) is 0 Å². The zero-order valence-electron chi connectivity index (χ0n) is 10.4. The van der Waals surface area contributed by atoms with Crippen molar-refractivity contribution in [3.63, 3.8) is 0 Å². The van der Waals surface area contributed by atoms with E-state index in [0.29, 0.717) is 0 Å². The van der Waals surface area contributed by atoms with Gasteiger partial charge in [-0.15, -0.1) is 0 Å². The Balaban J connectivity index is 1.78. The van der Waals surface area contributed by atoms with E-state index < -0.39 is 0 Å². The van der Waals surface area contributed by atoms with Crippen LogP contribution in [0.4, 0.5) is 5.69 Å². The van der Waals surface area contributed by atoms with Crippen LogP contribution in [0.2, 0.25) is 0 Å². The Morgan fingerprint density at radius 1 is 1.37 bits per heavy atom. The van der Waals surface area contributed by atoms with Crippen molar-refractivity contribution in [2.24, 2.45) is 0 Å². The third kappa shape index (κ3) is 4.33. The van der Waals surface area contributed by atoms with Gasteiger partial charge in [-0.1, -0.05) is 15.9 Å². The summed E-state index contributed by atoms with van der Waals surface area (Å²) in [6.45, 7) is 0.857. The van der Waals surface area contributed by atoms with Gasteiger partial charge in [0.1, 0.15) is 0 Å². The number of rotatable bonds is 4. The lowest BCUT2D eigenvalue weighted by atomic mass is 10.1. The van der Waals surface area contributed by atoms with Crippen molar-refractivity contribution < 1.29 is 9.59 Å². The Labute approximate surface area is 120 Å². The first kappa shape index (κ1) is 14.0. The maximum atomic E-state index is 11.7. The molecule has 1 fully saturated rings. The molecule has 0 aromatic heterocycles. The Bertz CT molecular complexity index is 461. The number of amides is 2. The smallest absolute Gasteiger partial charge is 0.238 e. The summed E-state index contributed by atoms with van der Waals surface area (Å²) in [7, 11) is 0. The largest absolute Gasteiger partial charge is 0.355 e. The van der Waals surface area contributed by atoms with Gasteiger partial charge in [0.2, 0.25) is 11.8 Å². The fraction of sp³-hybridized carbons (Fsp3) is 0.385. The molecule has 2 amide bonds. The van der Waals surface area contributed by atoms with Gasteiger partial charge in [0.05, 0.1) is 12.6 Å². The van der Waals surface area contributed by atoms with Gasteiger partial charge >= 0.3 is 0 Å². The van der Waals surface area contributed by atoms with Crippen molar-refractivity contribution >= 4 is 33.4 Å². The van der Waals surface area contributed by atoms with E-state index in [9.17, 15) is 9.59 Å². The molecule has 0 spiro atoms. The molecule has 1 saturated heterocycles. The number of halogens is 1. The minimum atomic E-state index is -0.260. The SMILES string of the molecule is O=C(CNC1CCCNC1=O)Nc1ccc(Br)cc1. The number of carbonyl (C=O) groups excluding carboxylic acids is 2. The summed E-state index contributed by atoms with van der Waals surface area (Å²) in [6.07, 6.45) is 1.72. The molecule has 0 saturated carbocycles. The molecule has 3 N–H and O–H groups in total. The van der Waals surface area contributed by atoms with E-state index in [0.717, 1.165) is 29.5 Å². The minimum absolute atomic E-state index is 0.0253. The summed E-state index contributed by atoms with van der Waals surface area (Å²) in [5, 5.41) is 8.51. The van der Waals surface area contributed by atoms with Crippen molar-refractivity contribution in [3.8, 4) is 0 Å². The molecule has 2 rings (SSSR count). The van der Waals surface area contributed by atoms with Crippen LogP contribution in [0.3, 0.4) is 0 Å². The number of hydrogen-bond donors (Lipinski definition) is 3. The minimum Gasteiger partial charge on any atom is -0.355 e. The molecule has 102 valence electrons. The second-order valence-electron chi connectivity index (χ2n) is 4.42. The van der Waals surface area contributed by atoms with Crippen molar-refractivity contribution in [2.75, 3.05) is 18.4 Å². The molecule has 1 aliphatic heterocycles. The second kappa shape index (κ2) is 6.68. The lowest BCUT2D eigenvalue weighted by Gasteiger charge is -2.22. The molecular weight excluding hydrogens is 310 g/mol. The van der Waals surface area contributed by atoms with Crippen LogP contribution in [0.15, 0.2) is 28.7 Å². The van der Waals surface area contributed by atoms with Gasteiger partial charge in [-0.25, -0.2) is 0 Å². The third-order valence-corrected chi connectivity index (χ3v) is 3.45. The van der Waals surface area contributed by atoms with Crippen LogP contribution in [0.1, 0.15) is 12.8 Å². The predicted octanol–water partition coefficient (Wildman–Crippen LogP) is 1.26. The van der Waals surface area contributed by atoms with Crippen molar-refractivity contribution in [1.82, 2.24) is 10.6 Å². The van der Waals surface area contributed by atoms with Crippen molar-refractivity contribution in [1.29, 1.82) is 0 Å². The molecule has 6 heteroatoms. The normalized spacial score (nSPS) is 18.8. The highest BCUT2D eigenvalue weighted by molar-refractivity contribution is 9.10. The average molecular weight is 326 g/mol. The molecule has 1 heterocycles. The first-order valence-electron chi connectivity index (χ1n) is 6.21. The highest BCUT2D eigenvalue weighted by Gasteiger charge is 2.21. The topological polar surface area (TPSA) is 70.2 Å². The Kier molecular flexibility index (Phi) is 4.93. The standard InChI is InChI=1S/C13H16BrN3O2/c14-9-3-5-10(6-4-9)17-12(18)8-16-11-2-1-7-15-13(11)19/h3-6,11,16H,1-2,7-8H2,(H,15,19)(H,17,18). The van der Waals surface area contributed by atoms with E-state index in [2.05, 4.69) is 31.9 Å². The van der Waals surface area contributed by atoms with Crippen LogP contribution in [-0.2, 0) is 9.59 Å². The van der Waals surface area contributed by atoms with Gasteiger partial charge in [-0.3, -0.25) is 14.9 Å².